The highest BCUT2D eigenvalue weighted by Crippen LogP contribution is 2.53. The van der Waals surface area contributed by atoms with Gasteiger partial charge in [-0.05, 0) is 233 Å². The summed E-state index contributed by atoms with van der Waals surface area (Å²) in [6, 6.07) is 97.2. The summed E-state index contributed by atoms with van der Waals surface area (Å²) in [7, 11) is 0. The molecule has 0 heterocycles. The molecule has 16 aromatic rings. The summed E-state index contributed by atoms with van der Waals surface area (Å²) in [5.74, 6) is 0. The van der Waals surface area contributed by atoms with Gasteiger partial charge in [0.05, 0.1) is 0 Å². The molecule has 0 heteroatoms. The van der Waals surface area contributed by atoms with Crippen molar-refractivity contribution in [3.63, 3.8) is 0 Å². The van der Waals surface area contributed by atoms with Gasteiger partial charge in [0, 0.05) is 0 Å². The van der Waals surface area contributed by atoms with Crippen LogP contribution in [0, 0.1) is 0 Å². The average molecular weight is 979 g/mol. The molecule has 3 aliphatic rings. The molecule has 0 radical (unpaired) electrons. The van der Waals surface area contributed by atoms with Gasteiger partial charge in [-0.2, -0.15) is 0 Å². The largest absolute Gasteiger partial charge is 0.0610 e. The predicted octanol–water partition coefficient (Wildman–Crippen LogP) is 22.0. The molecule has 0 saturated heterocycles. The van der Waals surface area contributed by atoms with E-state index in [2.05, 4.69) is 255 Å². The first kappa shape index (κ1) is 41.1. The van der Waals surface area contributed by atoms with E-state index in [1.807, 2.05) is 0 Å². The summed E-state index contributed by atoms with van der Waals surface area (Å²) >= 11 is 0. The maximum Gasteiger partial charge on any atom is -0.00139 e. The van der Waals surface area contributed by atoms with Gasteiger partial charge >= 0.3 is 0 Å². The minimum absolute atomic E-state index is 1.19. The highest BCUT2D eigenvalue weighted by atomic mass is 14.3. The lowest BCUT2D eigenvalue weighted by atomic mass is 9.88. The van der Waals surface area contributed by atoms with E-state index in [1.54, 1.807) is 0 Å². The van der Waals surface area contributed by atoms with E-state index in [9.17, 15) is 0 Å². The second-order valence-electron chi connectivity index (χ2n) is 22.2. The normalized spacial score (nSPS) is 12.6. The lowest BCUT2D eigenvalue weighted by Gasteiger charge is -2.16. The molecule has 16 aromatic carbocycles. The van der Waals surface area contributed by atoms with Crippen LogP contribution >= 0.6 is 0 Å². The fraction of sp³-hybridized carbons (Fsp3) is 0. The molecule has 0 aliphatic heterocycles. The van der Waals surface area contributed by atoms with Gasteiger partial charge in [-0.25, -0.2) is 0 Å². The van der Waals surface area contributed by atoms with Gasteiger partial charge in [-0.3, -0.25) is 0 Å². The maximum atomic E-state index is 2.42. The molecule has 0 bridgehead atoms. The number of benzene rings is 16. The quantitative estimate of drug-likeness (QED) is 0.146. The molecule has 0 atom stereocenters. The van der Waals surface area contributed by atoms with E-state index in [4.69, 9.17) is 0 Å². The highest BCUT2D eigenvalue weighted by molar-refractivity contribution is 6.37. The molecule has 0 nitrogen and oxygen atoms in total. The van der Waals surface area contributed by atoms with Crippen molar-refractivity contribution < 1.29 is 0 Å². The zero-order chi connectivity index (χ0) is 50.5. The predicted molar refractivity (Wildman–Crippen MR) is 334 cm³/mol. The molecule has 0 N–H and O–H groups in total. The third kappa shape index (κ3) is 5.38. The van der Waals surface area contributed by atoms with Crippen molar-refractivity contribution in [1.82, 2.24) is 0 Å². The number of rotatable bonds is 6. The Morgan fingerprint density at radius 3 is 0.679 bits per heavy atom. The van der Waals surface area contributed by atoms with Crippen LogP contribution in [0.5, 0.6) is 0 Å². The zero-order valence-corrected chi connectivity index (χ0v) is 42.2. The summed E-state index contributed by atoms with van der Waals surface area (Å²) in [4.78, 5) is 0. The van der Waals surface area contributed by atoms with Crippen molar-refractivity contribution >= 4 is 97.0 Å². The summed E-state index contributed by atoms with van der Waals surface area (Å²) in [6.07, 6.45) is 0. The van der Waals surface area contributed by atoms with Crippen LogP contribution in [0.25, 0.3) is 197 Å². The van der Waals surface area contributed by atoms with Crippen LogP contribution in [-0.4, -0.2) is 0 Å². The molecule has 19 rings (SSSR count). The van der Waals surface area contributed by atoms with Gasteiger partial charge in [-0.15, -0.1) is 0 Å². The van der Waals surface area contributed by atoms with E-state index in [1.165, 1.54) is 197 Å². The molecular weight excluding hydrogens is 937 g/mol. The Morgan fingerprint density at radius 1 is 0.128 bits per heavy atom. The van der Waals surface area contributed by atoms with Gasteiger partial charge in [0.15, 0.2) is 0 Å². The fourth-order valence-corrected chi connectivity index (χ4v) is 14.9. The Labute approximate surface area is 449 Å². The molecule has 0 saturated carbocycles. The van der Waals surface area contributed by atoms with E-state index in [0.29, 0.717) is 0 Å². The monoisotopic (exact) mass is 978 g/mol. The van der Waals surface area contributed by atoms with Gasteiger partial charge in [0.2, 0.25) is 0 Å². The van der Waals surface area contributed by atoms with E-state index in [-0.39, 0.29) is 0 Å². The summed E-state index contributed by atoms with van der Waals surface area (Å²) < 4.78 is 0. The number of fused-ring (bicyclic) bond motifs is 3. The van der Waals surface area contributed by atoms with Gasteiger partial charge < -0.3 is 0 Å². The Kier molecular flexibility index (Phi) is 7.82. The second kappa shape index (κ2) is 14.8. The van der Waals surface area contributed by atoms with Crippen molar-refractivity contribution in [2.45, 2.75) is 0 Å². The summed E-state index contributed by atoms with van der Waals surface area (Å²) in [6.45, 7) is 0. The molecule has 0 aromatic heterocycles. The van der Waals surface area contributed by atoms with Crippen LogP contribution in [0.4, 0.5) is 0 Å². The van der Waals surface area contributed by atoms with Crippen molar-refractivity contribution in [2.24, 2.45) is 0 Å². The van der Waals surface area contributed by atoms with E-state index < -0.39 is 0 Å². The van der Waals surface area contributed by atoms with Gasteiger partial charge in [0.25, 0.3) is 0 Å². The fourth-order valence-electron chi connectivity index (χ4n) is 14.9. The Balaban J connectivity index is 0.788. The van der Waals surface area contributed by atoms with Crippen molar-refractivity contribution in [2.75, 3.05) is 0 Å². The van der Waals surface area contributed by atoms with Crippen LogP contribution in [0.3, 0.4) is 0 Å². The van der Waals surface area contributed by atoms with Gasteiger partial charge in [0.1, 0.15) is 0 Å². The summed E-state index contributed by atoms with van der Waals surface area (Å²) in [5, 5.41) is 24.2. The first-order chi connectivity index (χ1) is 38.6. The molecule has 3 aliphatic carbocycles. The lowest BCUT2D eigenvalue weighted by molar-refractivity contribution is 1.56. The zero-order valence-electron chi connectivity index (χ0n) is 42.2. The SMILES string of the molecule is c1cc(-c2cc(-c3cccc(-c4ccc5c6c4ccc4ccc7cccc-5c7c46)c3)cc(-c3cccc(-c4ccc5c6c4ccc4ccc7cccc-5c7c46)c3)c2)cc(-c2ccc3c4c2ccc2ccc5cccc-3c5c24)c1. The minimum atomic E-state index is 1.19. The molecule has 0 unspecified atom stereocenters. The minimum Gasteiger partial charge on any atom is -0.0610 e. The first-order valence-corrected chi connectivity index (χ1v) is 27.4. The van der Waals surface area contributed by atoms with Crippen LogP contribution in [0.2, 0.25) is 0 Å². The van der Waals surface area contributed by atoms with Crippen LogP contribution in [0.1, 0.15) is 0 Å². The van der Waals surface area contributed by atoms with Gasteiger partial charge in [-0.1, -0.05) is 218 Å². The number of hydrogen-bond donors (Lipinski definition) is 0. The topological polar surface area (TPSA) is 0 Å². The smallest absolute Gasteiger partial charge is 0.00139 e. The standard InChI is InChI=1S/C78H42/c1-10-49(37-52(13-1)58-31-34-67-61-16-4-7-43-19-22-46-25-28-64(58)76(67)73(46)70(43)61)55-40-56(50-11-2-14-53(38-50)59-32-35-68-62-17-5-8-44-20-23-47-26-29-65(59)77(68)74(47)71(44)62)42-57(41-55)51-12-3-15-54(39-51)60-33-36-69-63-18-6-9-45-21-24-48-27-30-66(60)78(69)75(48)72(45)63/h1-42H. The molecule has 0 spiro atoms. The molecule has 0 amide bonds. The second-order valence-corrected chi connectivity index (χ2v) is 22.2. The Hall–Kier alpha value is -10.1. The Morgan fingerprint density at radius 2 is 0.359 bits per heavy atom. The summed E-state index contributed by atoms with van der Waals surface area (Å²) in [5.41, 5.74) is 22.6. The van der Waals surface area contributed by atoms with Crippen molar-refractivity contribution in [1.29, 1.82) is 0 Å². The molecule has 0 fully saturated rings. The van der Waals surface area contributed by atoms with Crippen molar-refractivity contribution in [3.05, 3.63) is 255 Å². The van der Waals surface area contributed by atoms with E-state index >= 15 is 0 Å². The Bertz CT molecular complexity index is 4940. The highest BCUT2D eigenvalue weighted by Gasteiger charge is 2.26. The van der Waals surface area contributed by atoms with Crippen LogP contribution in [-0.2, 0) is 0 Å². The van der Waals surface area contributed by atoms with E-state index in [0.717, 1.165) is 0 Å². The maximum absolute atomic E-state index is 2.42. The molecule has 78 heavy (non-hydrogen) atoms. The number of hydrogen-bond acceptors (Lipinski definition) is 0. The molecular formula is C78H42. The third-order valence-corrected chi connectivity index (χ3v) is 18.3. The van der Waals surface area contributed by atoms with Crippen LogP contribution in [0.15, 0.2) is 255 Å². The van der Waals surface area contributed by atoms with Crippen molar-refractivity contribution in [3.8, 4) is 100 Å². The molecule has 354 valence electrons. The lowest BCUT2D eigenvalue weighted by Crippen LogP contribution is -1.90. The van der Waals surface area contributed by atoms with Crippen LogP contribution < -0.4 is 0 Å². The third-order valence-electron chi connectivity index (χ3n) is 18.3. The first-order valence-electron chi connectivity index (χ1n) is 27.4. The average Bonchev–Trinajstić information content (AvgIpc) is 4.38.